The van der Waals surface area contributed by atoms with E-state index in [0.29, 0.717) is 12.4 Å². The lowest BCUT2D eigenvalue weighted by molar-refractivity contribution is -0.117. The van der Waals surface area contributed by atoms with Crippen molar-refractivity contribution in [1.29, 1.82) is 0 Å². The molecule has 2 aromatic heterocycles. The second-order valence-corrected chi connectivity index (χ2v) is 5.11. The van der Waals surface area contributed by atoms with Gasteiger partial charge in [-0.25, -0.2) is 13.8 Å². The number of hydrogen-bond acceptors (Lipinski definition) is 4. The minimum Gasteiger partial charge on any atom is -0.309 e. The van der Waals surface area contributed by atoms with Crippen LogP contribution in [0.3, 0.4) is 0 Å². The highest BCUT2D eigenvalue weighted by Gasteiger charge is 2.12. The largest absolute Gasteiger partial charge is 0.309 e. The molecule has 0 aliphatic heterocycles. The maximum absolute atomic E-state index is 13.0. The summed E-state index contributed by atoms with van der Waals surface area (Å²) < 4.78 is 16.1. The van der Waals surface area contributed by atoms with Crippen LogP contribution in [-0.4, -0.2) is 30.7 Å². The number of benzene rings is 1. The van der Waals surface area contributed by atoms with Gasteiger partial charge in [0.05, 0.1) is 18.9 Å². The summed E-state index contributed by atoms with van der Waals surface area (Å²) in [6.07, 6.45) is 4.80. The first-order chi connectivity index (χ1) is 11.1. The molecule has 0 atom stereocenters. The van der Waals surface area contributed by atoms with Gasteiger partial charge < -0.3 is 5.32 Å². The van der Waals surface area contributed by atoms with Crippen LogP contribution in [0, 0.1) is 12.7 Å². The van der Waals surface area contributed by atoms with Gasteiger partial charge in [-0.05, 0) is 24.6 Å². The van der Waals surface area contributed by atoms with E-state index in [0.717, 1.165) is 11.1 Å². The van der Waals surface area contributed by atoms with Crippen LogP contribution in [0.25, 0.3) is 0 Å². The summed E-state index contributed by atoms with van der Waals surface area (Å²) >= 11 is 0. The SMILES string of the molecule is Cc1cnn(Cc2ccc(F)cc2)c1NC(=O)Cn1ccnn1. The van der Waals surface area contributed by atoms with Crippen molar-refractivity contribution in [3.8, 4) is 0 Å². The van der Waals surface area contributed by atoms with Crippen LogP contribution in [0.5, 0.6) is 0 Å². The van der Waals surface area contributed by atoms with Crippen LogP contribution in [0.15, 0.2) is 42.9 Å². The smallest absolute Gasteiger partial charge is 0.247 e. The summed E-state index contributed by atoms with van der Waals surface area (Å²) in [6, 6.07) is 6.17. The number of nitrogens with one attached hydrogen (secondary N) is 1. The zero-order valence-corrected chi connectivity index (χ0v) is 12.5. The predicted octanol–water partition coefficient (Wildman–Crippen LogP) is 1.61. The average Bonchev–Trinajstić information content (AvgIpc) is 3.14. The van der Waals surface area contributed by atoms with E-state index in [1.807, 2.05) is 6.92 Å². The summed E-state index contributed by atoms with van der Waals surface area (Å²) in [6.45, 7) is 2.37. The van der Waals surface area contributed by atoms with E-state index in [1.54, 1.807) is 29.2 Å². The summed E-state index contributed by atoms with van der Waals surface area (Å²) in [7, 11) is 0. The van der Waals surface area contributed by atoms with E-state index in [4.69, 9.17) is 0 Å². The molecule has 0 aliphatic carbocycles. The molecule has 23 heavy (non-hydrogen) atoms. The summed E-state index contributed by atoms with van der Waals surface area (Å²) in [4.78, 5) is 12.1. The summed E-state index contributed by atoms with van der Waals surface area (Å²) in [5, 5.41) is 14.5. The molecule has 7 nitrogen and oxygen atoms in total. The van der Waals surface area contributed by atoms with E-state index >= 15 is 0 Å². The number of anilines is 1. The van der Waals surface area contributed by atoms with E-state index in [2.05, 4.69) is 20.7 Å². The molecule has 2 heterocycles. The fraction of sp³-hybridized carbons (Fsp3) is 0.200. The Morgan fingerprint density at radius 3 is 2.78 bits per heavy atom. The molecule has 0 spiro atoms. The molecular weight excluding hydrogens is 299 g/mol. The molecule has 0 bridgehead atoms. The van der Waals surface area contributed by atoms with E-state index in [-0.39, 0.29) is 18.3 Å². The fourth-order valence-corrected chi connectivity index (χ4v) is 2.16. The van der Waals surface area contributed by atoms with Crippen molar-refractivity contribution in [3.63, 3.8) is 0 Å². The Morgan fingerprint density at radius 2 is 2.09 bits per heavy atom. The average molecular weight is 314 g/mol. The van der Waals surface area contributed by atoms with Gasteiger partial charge in [-0.1, -0.05) is 17.3 Å². The van der Waals surface area contributed by atoms with Crippen LogP contribution in [0.1, 0.15) is 11.1 Å². The molecule has 0 saturated heterocycles. The summed E-state index contributed by atoms with van der Waals surface area (Å²) in [5.41, 5.74) is 1.74. The molecule has 0 fully saturated rings. The van der Waals surface area contributed by atoms with Crippen LogP contribution in [0.2, 0.25) is 0 Å². The lowest BCUT2D eigenvalue weighted by atomic mass is 10.2. The number of amides is 1. The van der Waals surface area contributed by atoms with Gasteiger partial charge in [-0.2, -0.15) is 5.10 Å². The predicted molar refractivity (Wildman–Crippen MR) is 81.1 cm³/mol. The van der Waals surface area contributed by atoms with Crippen LogP contribution < -0.4 is 5.32 Å². The molecule has 0 unspecified atom stereocenters. The zero-order chi connectivity index (χ0) is 16.2. The number of carbonyl (C=O) groups is 1. The van der Waals surface area contributed by atoms with Crippen LogP contribution in [0.4, 0.5) is 10.2 Å². The van der Waals surface area contributed by atoms with E-state index in [1.165, 1.54) is 23.0 Å². The molecular formula is C15H15FN6O. The molecule has 8 heteroatoms. The second-order valence-electron chi connectivity index (χ2n) is 5.11. The topological polar surface area (TPSA) is 77.6 Å². The molecule has 0 radical (unpaired) electrons. The lowest BCUT2D eigenvalue weighted by Crippen LogP contribution is -2.22. The van der Waals surface area contributed by atoms with Crippen LogP contribution in [-0.2, 0) is 17.9 Å². The van der Waals surface area contributed by atoms with Gasteiger partial charge in [0.25, 0.3) is 0 Å². The van der Waals surface area contributed by atoms with Crippen molar-refractivity contribution < 1.29 is 9.18 Å². The standard InChI is InChI=1S/C15H15FN6O/c1-11-8-18-22(9-12-2-4-13(16)5-3-12)15(11)19-14(23)10-21-7-6-17-20-21/h2-8H,9-10H2,1H3,(H,19,23). The Morgan fingerprint density at radius 1 is 1.30 bits per heavy atom. The minimum atomic E-state index is -0.285. The normalized spacial score (nSPS) is 10.7. The fourth-order valence-electron chi connectivity index (χ4n) is 2.16. The molecule has 1 aromatic carbocycles. The van der Waals surface area contributed by atoms with Gasteiger partial charge in [-0.3, -0.25) is 4.79 Å². The molecule has 1 amide bonds. The van der Waals surface area contributed by atoms with Gasteiger partial charge in [0, 0.05) is 11.8 Å². The van der Waals surface area contributed by atoms with Crippen molar-refractivity contribution in [1.82, 2.24) is 24.8 Å². The highest BCUT2D eigenvalue weighted by Crippen LogP contribution is 2.16. The maximum Gasteiger partial charge on any atom is 0.247 e. The first-order valence-corrected chi connectivity index (χ1v) is 7.02. The monoisotopic (exact) mass is 314 g/mol. The van der Waals surface area contributed by atoms with E-state index in [9.17, 15) is 9.18 Å². The minimum absolute atomic E-state index is 0.0706. The van der Waals surface area contributed by atoms with Crippen molar-refractivity contribution in [2.75, 3.05) is 5.32 Å². The number of carbonyl (C=O) groups excluding carboxylic acids is 1. The van der Waals surface area contributed by atoms with Crippen molar-refractivity contribution >= 4 is 11.7 Å². The highest BCUT2D eigenvalue weighted by atomic mass is 19.1. The molecule has 3 rings (SSSR count). The number of hydrogen-bond donors (Lipinski definition) is 1. The Kier molecular flexibility index (Phi) is 4.13. The number of nitrogens with zero attached hydrogens (tertiary/aromatic N) is 5. The summed E-state index contributed by atoms with van der Waals surface area (Å²) in [5.74, 6) is 0.102. The van der Waals surface area contributed by atoms with Crippen molar-refractivity contribution in [3.05, 3.63) is 59.8 Å². The number of halogens is 1. The third-order valence-electron chi connectivity index (χ3n) is 3.30. The molecule has 3 aromatic rings. The van der Waals surface area contributed by atoms with Crippen LogP contribution >= 0.6 is 0 Å². The number of rotatable bonds is 5. The van der Waals surface area contributed by atoms with Gasteiger partial charge in [0.1, 0.15) is 18.2 Å². The Hall–Kier alpha value is -3.03. The Bertz CT molecular complexity index is 794. The lowest BCUT2D eigenvalue weighted by Gasteiger charge is -2.10. The van der Waals surface area contributed by atoms with Gasteiger partial charge in [-0.15, -0.1) is 5.10 Å². The van der Waals surface area contributed by atoms with Gasteiger partial charge >= 0.3 is 0 Å². The van der Waals surface area contributed by atoms with Gasteiger partial charge in [0.15, 0.2) is 0 Å². The van der Waals surface area contributed by atoms with E-state index < -0.39 is 0 Å². The quantitative estimate of drug-likeness (QED) is 0.776. The molecule has 0 aliphatic rings. The second kappa shape index (κ2) is 6.39. The number of aromatic nitrogens is 5. The Labute approximate surface area is 131 Å². The first-order valence-electron chi connectivity index (χ1n) is 7.02. The third-order valence-corrected chi connectivity index (χ3v) is 3.30. The van der Waals surface area contributed by atoms with Gasteiger partial charge in [0.2, 0.25) is 5.91 Å². The Balaban J connectivity index is 1.73. The molecule has 0 saturated carbocycles. The molecule has 118 valence electrons. The van der Waals surface area contributed by atoms with Crippen molar-refractivity contribution in [2.24, 2.45) is 0 Å². The van der Waals surface area contributed by atoms with Crippen molar-refractivity contribution in [2.45, 2.75) is 20.0 Å². The third kappa shape index (κ3) is 3.60. The molecule has 1 N–H and O–H groups in total. The maximum atomic E-state index is 13.0. The number of aryl methyl sites for hydroxylation is 1. The zero-order valence-electron chi connectivity index (χ0n) is 12.5. The highest BCUT2D eigenvalue weighted by molar-refractivity contribution is 5.90. The first kappa shape index (κ1) is 14.9.